The van der Waals surface area contributed by atoms with Crippen molar-refractivity contribution in [1.29, 1.82) is 0 Å². The van der Waals surface area contributed by atoms with Crippen LogP contribution in [-0.4, -0.2) is 38.7 Å². The molecule has 0 bridgehead atoms. The van der Waals surface area contributed by atoms with Crippen LogP contribution < -0.4 is 5.32 Å². The van der Waals surface area contributed by atoms with Crippen molar-refractivity contribution in [1.82, 2.24) is 10.2 Å². The van der Waals surface area contributed by atoms with Gasteiger partial charge in [0.1, 0.15) is 0 Å². The highest BCUT2D eigenvalue weighted by Gasteiger charge is 2.70. The molecule has 1 aromatic rings. The van der Waals surface area contributed by atoms with Gasteiger partial charge in [-0.1, -0.05) is 30.3 Å². The van der Waals surface area contributed by atoms with Crippen molar-refractivity contribution >= 4 is 29.7 Å². The minimum absolute atomic E-state index is 0.146. The summed E-state index contributed by atoms with van der Waals surface area (Å²) in [4.78, 5) is 40.8. The molecular weight excluding hydrogens is 314 g/mol. The van der Waals surface area contributed by atoms with Crippen molar-refractivity contribution in [2.45, 2.75) is 42.6 Å². The highest BCUT2D eigenvalue weighted by molar-refractivity contribution is 8.01. The summed E-state index contributed by atoms with van der Waals surface area (Å²) in [5, 5.41) is 2.52. The van der Waals surface area contributed by atoms with Crippen LogP contribution in [0, 0.1) is 0 Å². The van der Waals surface area contributed by atoms with E-state index in [0.29, 0.717) is 0 Å². The molecule has 0 spiro atoms. The molecule has 3 atom stereocenters. The lowest BCUT2D eigenvalue weighted by Gasteiger charge is -2.49. The molecule has 3 rings (SSSR count). The van der Waals surface area contributed by atoms with Gasteiger partial charge in [0, 0.05) is 6.92 Å². The Kier molecular flexibility index (Phi) is 3.58. The van der Waals surface area contributed by atoms with Gasteiger partial charge in [0.15, 0.2) is 0 Å². The summed E-state index contributed by atoms with van der Waals surface area (Å²) in [6, 6.07) is 9.50. The van der Waals surface area contributed by atoms with Crippen LogP contribution in [0.1, 0.15) is 32.3 Å². The van der Waals surface area contributed by atoms with Gasteiger partial charge in [-0.3, -0.25) is 14.5 Å². The van der Waals surface area contributed by atoms with Gasteiger partial charge < -0.3 is 5.32 Å². The average molecular weight is 331 g/mol. The van der Waals surface area contributed by atoms with E-state index in [1.807, 2.05) is 44.2 Å². The maximum absolute atomic E-state index is 12.8. The fraction of sp³-hybridized carbons (Fsp3) is 0.438. The molecule has 1 unspecified atom stereocenters. The number of aliphatic imine (C=N–C) groups is 1. The molecule has 0 aliphatic carbocycles. The number of β-lactam (4-membered cyclic amide) rings is 1. The molecule has 1 aromatic carbocycles. The van der Waals surface area contributed by atoms with E-state index in [1.165, 1.54) is 29.7 Å². The fourth-order valence-corrected chi connectivity index (χ4v) is 5.04. The van der Waals surface area contributed by atoms with Gasteiger partial charge in [-0.25, -0.2) is 4.79 Å². The summed E-state index contributed by atoms with van der Waals surface area (Å²) in [6.45, 7) is 5.07. The number of hydrogen-bond acceptors (Lipinski definition) is 5. The highest BCUT2D eigenvalue weighted by atomic mass is 32.2. The third-order valence-electron chi connectivity index (χ3n) is 4.36. The SMILES string of the molecule is CC(=O)NC1(N=C=O)N2C(=O)[C@@H](c3ccccc3)[C@H]2SC1(C)C. The zero-order valence-corrected chi connectivity index (χ0v) is 13.9. The van der Waals surface area contributed by atoms with Gasteiger partial charge >= 0.3 is 0 Å². The number of nitrogens with zero attached hydrogens (tertiary/aromatic N) is 2. The second kappa shape index (κ2) is 5.22. The van der Waals surface area contributed by atoms with Crippen LogP contribution in [0.5, 0.6) is 0 Å². The van der Waals surface area contributed by atoms with E-state index in [2.05, 4.69) is 10.3 Å². The fourth-order valence-electron chi connectivity index (χ4n) is 3.31. The Hall–Kier alpha value is -2.11. The third kappa shape index (κ3) is 2.11. The number of thioether (sulfide) groups is 1. The molecule has 23 heavy (non-hydrogen) atoms. The summed E-state index contributed by atoms with van der Waals surface area (Å²) in [5.41, 5.74) is 0.927. The molecule has 2 saturated heterocycles. The summed E-state index contributed by atoms with van der Waals surface area (Å²) in [7, 11) is 0. The molecule has 2 aliphatic rings. The Morgan fingerprint density at radius 3 is 2.57 bits per heavy atom. The Morgan fingerprint density at radius 1 is 1.35 bits per heavy atom. The number of benzene rings is 1. The number of rotatable bonds is 3. The van der Waals surface area contributed by atoms with Crippen molar-refractivity contribution in [2.24, 2.45) is 4.99 Å². The zero-order valence-electron chi connectivity index (χ0n) is 13.1. The Balaban J connectivity index is 2.04. The largest absolute Gasteiger partial charge is 0.313 e. The minimum atomic E-state index is -1.39. The van der Waals surface area contributed by atoms with Gasteiger partial charge in [0.05, 0.1) is 16.0 Å². The number of isocyanates is 1. The predicted molar refractivity (Wildman–Crippen MR) is 86.2 cm³/mol. The molecule has 2 aliphatic heterocycles. The quantitative estimate of drug-likeness (QED) is 0.518. The van der Waals surface area contributed by atoms with Crippen molar-refractivity contribution in [3.05, 3.63) is 35.9 Å². The second-order valence-electron chi connectivity index (χ2n) is 6.17. The number of amides is 2. The monoisotopic (exact) mass is 331 g/mol. The summed E-state index contributed by atoms with van der Waals surface area (Å²) in [5.74, 6) is -2.18. The molecule has 0 radical (unpaired) electrons. The molecular formula is C16H17N3O3S. The van der Waals surface area contributed by atoms with Crippen molar-refractivity contribution in [2.75, 3.05) is 0 Å². The smallest absolute Gasteiger partial charge is 0.239 e. The van der Waals surface area contributed by atoms with E-state index in [0.717, 1.165) is 5.56 Å². The normalized spacial score (nSPS) is 30.9. The maximum atomic E-state index is 12.8. The standard InChI is InChI=1S/C16H17N3O3S/c1-10(21)18-16(17-9-20)15(2,3)23-14-12(13(22)19(14)16)11-7-5-4-6-8-11/h4-8,12,14H,1-3H3,(H,18,21)/t12-,14-,16?/m1/s1. The van der Waals surface area contributed by atoms with E-state index < -0.39 is 10.5 Å². The van der Waals surface area contributed by atoms with E-state index in [9.17, 15) is 14.4 Å². The Morgan fingerprint density at radius 2 is 2.00 bits per heavy atom. The van der Waals surface area contributed by atoms with Gasteiger partial charge in [0.25, 0.3) is 0 Å². The first kappa shape index (κ1) is 15.8. The van der Waals surface area contributed by atoms with Gasteiger partial charge in [-0.15, -0.1) is 11.8 Å². The first-order valence-electron chi connectivity index (χ1n) is 7.28. The van der Waals surface area contributed by atoms with Crippen LogP contribution in [0.3, 0.4) is 0 Å². The number of nitrogens with one attached hydrogen (secondary N) is 1. The average Bonchev–Trinajstić information content (AvgIpc) is 2.64. The third-order valence-corrected chi connectivity index (χ3v) is 5.96. The van der Waals surface area contributed by atoms with Crippen LogP contribution in [-0.2, 0) is 14.4 Å². The summed E-state index contributed by atoms with van der Waals surface area (Å²) < 4.78 is -0.653. The molecule has 120 valence electrons. The van der Waals surface area contributed by atoms with Gasteiger partial charge in [-0.2, -0.15) is 4.99 Å². The van der Waals surface area contributed by atoms with Crippen molar-refractivity contribution in [3.63, 3.8) is 0 Å². The van der Waals surface area contributed by atoms with E-state index >= 15 is 0 Å². The zero-order chi connectivity index (χ0) is 16.8. The lowest BCUT2D eigenvalue weighted by atomic mass is 9.86. The predicted octanol–water partition coefficient (Wildman–Crippen LogP) is 1.59. The topological polar surface area (TPSA) is 78.8 Å². The van der Waals surface area contributed by atoms with E-state index in [1.54, 1.807) is 0 Å². The lowest BCUT2D eigenvalue weighted by Crippen LogP contribution is -2.72. The molecule has 6 nitrogen and oxygen atoms in total. The molecule has 2 amide bonds. The van der Waals surface area contributed by atoms with Crippen LogP contribution in [0.25, 0.3) is 0 Å². The van der Waals surface area contributed by atoms with Crippen molar-refractivity contribution in [3.8, 4) is 0 Å². The Labute approximate surface area is 138 Å². The van der Waals surface area contributed by atoms with E-state index in [4.69, 9.17) is 0 Å². The molecule has 1 N–H and O–H groups in total. The minimum Gasteiger partial charge on any atom is -0.313 e. The number of fused-ring (bicyclic) bond motifs is 1. The summed E-state index contributed by atoms with van der Waals surface area (Å²) >= 11 is 1.53. The van der Waals surface area contributed by atoms with Crippen LogP contribution >= 0.6 is 11.8 Å². The maximum Gasteiger partial charge on any atom is 0.239 e. The van der Waals surface area contributed by atoms with Gasteiger partial charge in [0.2, 0.25) is 23.7 Å². The van der Waals surface area contributed by atoms with Crippen LogP contribution in [0.2, 0.25) is 0 Å². The number of carbonyl (C=O) groups is 2. The first-order valence-corrected chi connectivity index (χ1v) is 8.16. The number of carbonyl (C=O) groups excluding carboxylic acids is 3. The lowest BCUT2D eigenvalue weighted by molar-refractivity contribution is -0.157. The van der Waals surface area contributed by atoms with Crippen molar-refractivity contribution < 1.29 is 14.4 Å². The van der Waals surface area contributed by atoms with Crippen LogP contribution in [0.4, 0.5) is 0 Å². The van der Waals surface area contributed by atoms with Gasteiger partial charge in [-0.05, 0) is 19.4 Å². The highest BCUT2D eigenvalue weighted by Crippen LogP contribution is 2.60. The second-order valence-corrected chi connectivity index (χ2v) is 7.91. The van der Waals surface area contributed by atoms with Crippen LogP contribution in [0.15, 0.2) is 35.3 Å². The van der Waals surface area contributed by atoms with E-state index in [-0.39, 0.29) is 23.1 Å². The first-order chi connectivity index (χ1) is 10.8. The molecule has 7 heteroatoms. The molecule has 2 heterocycles. The number of hydrogen-bond donors (Lipinski definition) is 1. The molecule has 0 saturated carbocycles. The Bertz CT molecular complexity index is 715. The molecule has 2 fully saturated rings. The summed E-state index contributed by atoms with van der Waals surface area (Å²) in [6.07, 6.45) is 1.52. The molecule has 0 aromatic heterocycles.